The summed E-state index contributed by atoms with van der Waals surface area (Å²) in [4.78, 5) is 8.46. The topological polar surface area (TPSA) is 59.1 Å². The van der Waals surface area contributed by atoms with Crippen LogP contribution in [-0.2, 0) is 4.74 Å². The lowest BCUT2D eigenvalue weighted by Gasteiger charge is -2.11. The Labute approximate surface area is 130 Å². The van der Waals surface area contributed by atoms with Gasteiger partial charge in [-0.25, -0.2) is 9.97 Å². The molecule has 0 saturated carbocycles. The molecular formula is C14H25BrN4O. The number of nitrogens with one attached hydrogen (secondary N) is 2. The molecule has 0 amide bonds. The van der Waals surface area contributed by atoms with Crippen LogP contribution in [0.25, 0.3) is 0 Å². The van der Waals surface area contributed by atoms with Crippen LogP contribution in [0, 0.1) is 5.92 Å². The van der Waals surface area contributed by atoms with Gasteiger partial charge in [-0.05, 0) is 34.7 Å². The van der Waals surface area contributed by atoms with Gasteiger partial charge in [-0.2, -0.15) is 0 Å². The Morgan fingerprint density at radius 2 is 1.85 bits per heavy atom. The van der Waals surface area contributed by atoms with Crippen molar-refractivity contribution in [1.82, 2.24) is 9.97 Å². The molecule has 0 radical (unpaired) electrons. The van der Waals surface area contributed by atoms with Gasteiger partial charge in [0.1, 0.15) is 22.4 Å². The van der Waals surface area contributed by atoms with Crippen molar-refractivity contribution in [2.75, 3.05) is 36.9 Å². The Kier molecular flexibility index (Phi) is 8.53. The number of hydrogen-bond acceptors (Lipinski definition) is 5. The van der Waals surface area contributed by atoms with Crippen LogP contribution in [0.15, 0.2) is 10.8 Å². The van der Waals surface area contributed by atoms with Crippen molar-refractivity contribution in [3.63, 3.8) is 0 Å². The summed E-state index contributed by atoms with van der Waals surface area (Å²) < 4.78 is 6.43. The second-order valence-corrected chi connectivity index (χ2v) is 5.85. The summed E-state index contributed by atoms with van der Waals surface area (Å²) in [5.41, 5.74) is 0. The minimum atomic E-state index is 0.589. The number of rotatable bonds is 10. The molecule has 2 N–H and O–H groups in total. The van der Waals surface area contributed by atoms with Crippen molar-refractivity contribution in [3.05, 3.63) is 10.8 Å². The predicted molar refractivity (Wildman–Crippen MR) is 87.3 cm³/mol. The summed E-state index contributed by atoms with van der Waals surface area (Å²) in [5, 5.41) is 6.56. The first-order valence-corrected chi connectivity index (χ1v) is 8.00. The number of nitrogens with zero attached hydrogens (tertiary/aromatic N) is 2. The van der Waals surface area contributed by atoms with E-state index in [4.69, 9.17) is 4.74 Å². The number of aromatic nitrogens is 2. The van der Waals surface area contributed by atoms with Crippen LogP contribution in [0.1, 0.15) is 33.6 Å². The molecule has 114 valence electrons. The molecule has 1 heterocycles. The van der Waals surface area contributed by atoms with Gasteiger partial charge in [-0.1, -0.05) is 20.8 Å². The maximum atomic E-state index is 5.54. The molecule has 0 aromatic carbocycles. The monoisotopic (exact) mass is 344 g/mol. The van der Waals surface area contributed by atoms with Crippen molar-refractivity contribution in [2.45, 2.75) is 33.6 Å². The first-order valence-electron chi connectivity index (χ1n) is 7.21. The molecule has 1 aromatic rings. The predicted octanol–water partition coefficient (Wildman–Crippen LogP) is 3.54. The highest BCUT2D eigenvalue weighted by Crippen LogP contribution is 2.26. The second-order valence-electron chi connectivity index (χ2n) is 5.06. The second kappa shape index (κ2) is 9.94. The molecule has 0 bridgehead atoms. The van der Waals surface area contributed by atoms with E-state index in [1.165, 1.54) is 0 Å². The summed E-state index contributed by atoms with van der Waals surface area (Å²) >= 11 is 3.53. The van der Waals surface area contributed by atoms with Gasteiger partial charge in [0.25, 0.3) is 0 Å². The highest BCUT2D eigenvalue weighted by atomic mass is 79.9. The molecule has 6 heteroatoms. The lowest BCUT2D eigenvalue weighted by atomic mass is 10.2. The molecule has 0 aliphatic carbocycles. The van der Waals surface area contributed by atoms with Gasteiger partial charge in [0, 0.05) is 26.3 Å². The fourth-order valence-corrected chi connectivity index (χ4v) is 2.04. The molecule has 20 heavy (non-hydrogen) atoms. The molecule has 1 aromatic heterocycles. The van der Waals surface area contributed by atoms with E-state index in [-0.39, 0.29) is 0 Å². The quantitative estimate of drug-likeness (QED) is 0.635. The number of anilines is 2. The molecule has 0 saturated heterocycles. The summed E-state index contributed by atoms with van der Waals surface area (Å²) in [5.74, 6) is 2.24. The zero-order chi connectivity index (χ0) is 14.8. The Balaban J connectivity index is 2.32. The molecule has 0 unspecified atom stereocenters. The minimum Gasteiger partial charge on any atom is -0.381 e. The third-order valence-corrected chi connectivity index (χ3v) is 3.29. The van der Waals surface area contributed by atoms with Crippen molar-refractivity contribution < 1.29 is 4.74 Å². The molecule has 0 atom stereocenters. The first-order chi connectivity index (χ1) is 9.65. The first kappa shape index (κ1) is 17.2. The van der Waals surface area contributed by atoms with E-state index in [0.29, 0.717) is 5.92 Å². The van der Waals surface area contributed by atoms with E-state index in [1.54, 1.807) is 6.33 Å². The van der Waals surface area contributed by atoms with Crippen LogP contribution in [-0.4, -0.2) is 36.3 Å². The largest absolute Gasteiger partial charge is 0.381 e. The minimum absolute atomic E-state index is 0.589. The van der Waals surface area contributed by atoms with Crippen LogP contribution in [0.2, 0.25) is 0 Å². The van der Waals surface area contributed by atoms with E-state index in [9.17, 15) is 0 Å². The molecule has 0 fully saturated rings. The maximum Gasteiger partial charge on any atom is 0.145 e. The third kappa shape index (κ3) is 6.52. The number of halogens is 1. The zero-order valence-electron chi connectivity index (χ0n) is 12.6. The Hall–Kier alpha value is -0.880. The highest BCUT2D eigenvalue weighted by Gasteiger charge is 2.07. The number of hydrogen-bond donors (Lipinski definition) is 2. The SMILES string of the molecule is CCCNc1ncnc(NCCCOCC(C)C)c1Br. The molecule has 0 aliphatic heterocycles. The zero-order valence-corrected chi connectivity index (χ0v) is 14.2. The van der Waals surface area contributed by atoms with Gasteiger partial charge < -0.3 is 15.4 Å². The van der Waals surface area contributed by atoms with E-state index in [0.717, 1.165) is 55.3 Å². The van der Waals surface area contributed by atoms with E-state index < -0.39 is 0 Å². The summed E-state index contributed by atoms with van der Waals surface area (Å²) in [6.07, 6.45) is 3.59. The van der Waals surface area contributed by atoms with Gasteiger partial charge >= 0.3 is 0 Å². The normalized spacial score (nSPS) is 10.8. The van der Waals surface area contributed by atoms with Gasteiger partial charge in [0.2, 0.25) is 0 Å². The number of ether oxygens (including phenoxy) is 1. The lowest BCUT2D eigenvalue weighted by molar-refractivity contribution is 0.110. The van der Waals surface area contributed by atoms with Crippen molar-refractivity contribution in [2.24, 2.45) is 5.92 Å². The van der Waals surface area contributed by atoms with Crippen LogP contribution in [0.3, 0.4) is 0 Å². The van der Waals surface area contributed by atoms with E-state index in [1.807, 2.05) is 0 Å². The van der Waals surface area contributed by atoms with Crippen LogP contribution in [0.4, 0.5) is 11.6 Å². The van der Waals surface area contributed by atoms with Crippen LogP contribution in [0.5, 0.6) is 0 Å². The van der Waals surface area contributed by atoms with Crippen LogP contribution < -0.4 is 10.6 Å². The smallest absolute Gasteiger partial charge is 0.145 e. The van der Waals surface area contributed by atoms with Gasteiger partial charge in [-0.3, -0.25) is 0 Å². The van der Waals surface area contributed by atoms with Gasteiger partial charge in [0.05, 0.1) is 0 Å². The van der Waals surface area contributed by atoms with Crippen molar-refractivity contribution >= 4 is 27.6 Å². The molecule has 5 nitrogen and oxygen atoms in total. The molecular weight excluding hydrogens is 320 g/mol. The standard InChI is InChI=1S/C14H25BrN4O/c1-4-6-16-13-12(15)14(19-10-18-13)17-7-5-8-20-9-11(2)3/h10-11H,4-9H2,1-3H3,(H2,16,17,18,19). The van der Waals surface area contributed by atoms with E-state index >= 15 is 0 Å². The lowest BCUT2D eigenvalue weighted by Crippen LogP contribution is -2.11. The molecule has 0 spiro atoms. The average Bonchev–Trinajstić information content (AvgIpc) is 2.42. The summed E-state index contributed by atoms with van der Waals surface area (Å²) in [7, 11) is 0. The molecule has 1 rings (SSSR count). The molecule has 0 aliphatic rings. The highest BCUT2D eigenvalue weighted by molar-refractivity contribution is 9.10. The average molecular weight is 345 g/mol. The van der Waals surface area contributed by atoms with Gasteiger partial charge in [-0.15, -0.1) is 0 Å². The van der Waals surface area contributed by atoms with Gasteiger partial charge in [0.15, 0.2) is 0 Å². The summed E-state index contributed by atoms with van der Waals surface area (Å²) in [6, 6.07) is 0. The van der Waals surface area contributed by atoms with Crippen molar-refractivity contribution in [1.29, 1.82) is 0 Å². The fourth-order valence-electron chi connectivity index (χ4n) is 1.56. The van der Waals surface area contributed by atoms with Crippen LogP contribution >= 0.6 is 15.9 Å². The third-order valence-electron chi connectivity index (χ3n) is 2.54. The Morgan fingerprint density at radius 3 is 2.45 bits per heavy atom. The Morgan fingerprint density at radius 1 is 1.20 bits per heavy atom. The van der Waals surface area contributed by atoms with Crippen molar-refractivity contribution in [3.8, 4) is 0 Å². The summed E-state index contributed by atoms with van der Waals surface area (Å²) in [6.45, 7) is 9.76. The Bertz CT molecular complexity index is 387. The maximum absolute atomic E-state index is 5.54. The van der Waals surface area contributed by atoms with E-state index in [2.05, 4.69) is 57.3 Å². The fraction of sp³-hybridized carbons (Fsp3) is 0.714.